The van der Waals surface area contributed by atoms with Crippen molar-refractivity contribution in [3.8, 4) is 0 Å². The first-order chi connectivity index (χ1) is 13.3. The monoisotopic (exact) mass is 394 g/mol. The Balaban J connectivity index is 1.39. The lowest BCUT2D eigenvalue weighted by Gasteiger charge is -2.41. The fourth-order valence-corrected chi connectivity index (χ4v) is 4.12. The van der Waals surface area contributed by atoms with Gasteiger partial charge in [0, 0.05) is 43.5 Å². The zero-order chi connectivity index (χ0) is 20.1. The van der Waals surface area contributed by atoms with E-state index in [-0.39, 0.29) is 11.6 Å². The summed E-state index contributed by atoms with van der Waals surface area (Å²) in [5.41, 5.74) is 0.642. The summed E-state index contributed by atoms with van der Waals surface area (Å²) in [5, 5.41) is 5.97. The van der Waals surface area contributed by atoms with Crippen molar-refractivity contribution in [2.75, 3.05) is 44.2 Å². The Morgan fingerprint density at radius 1 is 1.11 bits per heavy atom. The molecule has 3 rings (SSSR count). The molecule has 1 aromatic carbocycles. The zero-order valence-corrected chi connectivity index (χ0v) is 16.9. The van der Waals surface area contributed by atoms with Crippen molar-refractivity contribution in [1.82, 2.24) is 15.5 Å². The number of hydrogen-bond donors (Lipinski definition) is 2. The van der Waals surface area contributed by atoms with Crippen molar-refractivity contribution in [2.24, 2.45) is 5.92 Å². The van der Waals surface area contributed by atoms with Crippen LogP contribution in [-0.4, -0.2) is 55.7 Å². The van der Waals surface area contributed by atoms with Crippen molar-refractivity contribution in [2.45, 2.75) is 45.1 Å². The number of piperidine rings is 1. The van der Waals surface area contributed by atoms with Gasteiger partial charge < -0.3 is 15.5 Å². The van der Waals surface area contributed by atoms with E-state index >= 15 is 0 Å². The Kier molecular flexibility index (Phi) is 6.75. The van der Waals surface area contributed by atoms with Crippen LogP contribution in [-0.2, 0) is 0 Å². The summed E-state index contributed by atoms with van der Waals surface area (Å²) in [7, 11) is 0. The van der Waals surface area contributed by atoms with E-state index in [4.69, 9.17) is 0 Å². The molecule has 0 unspecified atom stereocenters. The van der Waals surface area contributed by atoms with Gasteiger partial charge in [-0.15, -0.1) is 0 Å². The van der Waals surface area contributed by atoms with Crippen molar-refractivity contribution in [3.63, 3.8) is 0 Å². The summed E-state index contributed by atoms with van der Waals surface area (Å²) in [4.78, 5) is 16.7. The largest absolute Gasteiger partial charge is 0.371 e. The fraction of sp³-hybridized carbons (Fsp3) is 0.667. The van der Waals surface area contributed by atoms with Crippen LogP contribution in [0.25, 0.3) is 0 Å². The van der Waals surface area contributed by atoms with Crippen molar-refractivity contribution < 1.29 is 13.6 Å². The van der Waals surface area contributed by atoms with Gasteiger partial charge in [-0.3, -0.25) is 4.90 Å². The molecule has 156 valence electrons. The minimum absolute atomic E-state index is 0.0470. The van der Waals surface area contributed by atoms with E-state index in [1.165, 1.54) is 25.3 Å². The van der Waals surface area contributed by atoms with Gasteiger partial charge in [0.15, 0.2) is 11.6 Å². The van der Waals surface area contributed by atoms with E-state index in [1.807, 2.05) is 4.90 Å². The highest BCUT2D eigenvalue weighted by Crippen LogP contribution is 2.25. The third kappa shape index (κ3) is 5.34. The SMILES string of the molecule is CC(C)(CNC(=O)NC[C@H]1CCN(c2ccc(F)c(F)c2)C1)N1CCCCC1. The molecule has 0 aromatic heterocycles. The maximum atomic E-state index is 13.4. The number of nitrogens with one attached hydrogen (secondary N) is 2. The van der Waals surface area contributed by atoms with Crippen LogP contribution in [0.15, 0.2) is 18.2 Å². The Morgan fingerprint density at radius 3 is 2.57 bits per heavy atom. The first-order valence-electron chi connectivity index (χ1n) is 10.3. The summed E-state index contributed by atoms with van der Waals surface area (Å²) in [5.74, 6) is -1.35. The molecule has 1 aromatic rings. The van der Waals surface area contributed by atoms with Crippen LogP contribution in [0.1, 0.15) is 39.5 Å². The highest BCUT2D eigenvalue weighted by Gasteiger charge is 2.28. The molecule has 2 N–H and O–H groups in total. The van der Waals surface area contributed by atoms with Crippen LogP contribution in [0.5, 0.6) is 0 Å². The van der Waals surface area contributed by atoms with Crippen LogP contribution in [0, 0.1) is 17.6 Å². The summed E-state index contributed by atoms with van der Waals surface area (Å²) >= 11 is 0. The summed E-state index contributed by atoms with van der Waals surface area (Å²) in [6, 6.07) is 3.86. The maximum Gasteiger partial charge on any atom is 0.314 e. The third-order valence-electron chi connectivity index (χ3n) is 6.00. The summed E-state index contributed by atoms with van der Waals surface area (Å²) in [6.07, 6.45) is 4.67. The van der Waals surface area contributed by atoms with Gasteiger partial charge >= 0.3 is 6.03 Å². The second-order valence-electron chi connectivity index (χ2n) is 8.62. The molecule has 0 aliphatic carbocycles. The van der Waals surface area contributed by atoms with E-state index in [1.54, 1.807) is 6.07 Å². The number of nitrogens with zero attached hydrogens (tertiary/aromatic N) is 2. The second kappa shape index (κ2) is 9.07. The highest BCUT2D eigenvalue weighted by atomic mass is 19.2. The lowest BCUT2D eigenvalue weighted by atomic mass is 9.98. The zero-order valence-electron chi connectivity index (χ0n) is 16.9. The number of carbonyl (C=O) groups is 1. The quantitative estimate of drug-likeness (QED) is 0.778. The van der Waals surface area contributed by atoms with Gasteiger partial charge in [0.1, 0.15) is 0 Å². The maximum absolute atomic E-state index is 13.4. The topological polar surface area (TPSA) is 47.6 Å². The lowest BCUT2D eigenvalue weighted by molar-refractivity contribution is 0.0960. The third-order valence-corrected chi connectivity index (χ3v) is 6.00. The number of amides is 2. The second-order valence-corrected chi connectivity index (χ2v) is 8.62. The number of benzene rings is 1. The molecule has 2 aliphatic rings. The first-order valence-corrected chi connectivity index (χ1v) is 10.3. The summed E-state index contributed by atoms with van der Waals surface area (Å²) < 4.78 is 26.5. The van der Waals surface area contributed by atoms with E-state index in [0.717, 1.165) is 38.7 Å². The van der Waals surface area contributed by atoms with Crippen molar-refractivity contribution in [3.05, 3.63) is 29.8 Å². The van der Waals surface area contributed by atoms with Crippen molar-refractivity contribution >= 4 is 11.7 Å². The van der Waals surface area contributed by atoms with Crippen LogP contribution >= 0.6 is 0 Å². The Morgan fingerprint density at radius 2 is 1.86 bits per heavy atom. The van der Waals surface area contributed by atoms with Crippen LogP contribution in [0.2, 0.25) is 0 Å². The van der Waals surface area contributed by atoms with Gasteiger partial charge in [-0.05, 0) is 64.3 Å². The van der Waals surface area contributed by atoms with Gasteiger partial charge in [0.05, 0.1) is 0 Å². The van der Waals surface area contributed by atoms with E-state index in [9.17, 15) is 13.6 Å². The van der Waals surface area contributed by atoms with E-state index in [0.29, 0.717) is 24.7 Å². The molecule has 0 spiro atoms. The average Bonchev–Trinajstić information content (AvgIpc) is 3.17. The lowest BCUT2D eigenvalue weighted by Crippen LogP contribution is -2.54. The number of likely N-dealkylation sites (tertiary alicyclic amines) is 1. The van der Waals surface area contributed by atoms with Gasteiger partial charge in [0.25, 0.3) is 0 Å². The molecular weight excluding hydrogens is 362 g/mol. The molecule has 2 amide bonds. The number of hydrogen-bond acceptors (Lipinski definition) is 3. The molecule has 7 heteroatoms. The molecule has 2 heterocycles. The smallest absolute Gasteiger partial charge is 0.314 e. The van der Waals surface area contributed by atoms with Gasteiger partial charge in [-0.1, -0.05) is 6.42 Å². The van der Waals surface area contributed by atoms with Crippen LogP contribution in [0.3, 0.4) is 0 Å². The van der Waals surface area contributed by atoms with Gasteiger partial charge in [-0.2, -0.15) is 0 Å². The normalized spacial score (nSPS) is 21.0. The molecule has 2 fully saturated rings. The standard InChI is InChI=1S/C21H32F2N4O/c1-21(2,27-9-4-3-5-10-27)15-25-20(28)24-13-16-8-11-26(14-16)17-6-7-18(22)19(23)12-17/h6-7,12,16H,3-5,8-11,13-15H2,1-2H3,(H2,24,25,28)/t16-/m1/s1. The molecule has 2 saturated heterocycles. The molecule has 28 heavy (non-hydrogen) atoms. The number of carbonyl (C=O) groups excluding carboxylic acids is 1. The number of rotatable bonds is 6. The minimum atomic E-state index is -0.828. The molecular formula is C21H32F2N4O. The molecule has 0 bridgehead atoms. The van der Waals surface area contributed by atoms with Crippen LogP contribution < -0.4 is 15.5 Å². The first kappa shape index (κ1) is 20.8. The fourth-order valence-electron chi connectivity index (χ4n) is 4.12. The van der Waals surface area contributed by atoms with E-state index in [2.05, 4.69) is 29.4 Å². The Hall–Kier alpha value is -1.89. The number of anilines is 1. The predicted molar refractivity (Wildman–Crippen MR) is 108 cm³/mol. The highest BCUT2D eigenvalue weighted by molar-refractivity contribution is 5.73. The molecule has 1 atom stereocenters. The predicted octanol–water partition coefficient (Wildman–Crippen LogP) is 3.35. The number of halogens is 2. The van der Waals surface area contributed by atoms with Gasteiger partial charge in [-0.25, -0.2) is 13.6 Å². The van der Waals surface area contributed by atoms with E-state index < -0.39 is 11.6 Å². The summed E-state index contributed by atoms with van der Waals surface area (Å²) in [6.45, 7) is 9.24. The van der Waals surface area contributed by atoms with Crippen molar-refractivity contribution in [1.29, 1.82) is 0 Å². The average molecular weight is 395 g/mol. The Labute approximate surface area is 166 Å². The molecule has 2 aliphatic heterocycles. The van der Waals surface area contributed by atoms with Crippen LogP contribution in [0.4, 0.5) is 19.3 Å². The number of urea groups is 1. The Bertz CT molecular complexity index is 676. The minimum Gasteiger partial charge on any atom is -0.371 e. The molecule has 0 radical (unpaired) electrons. The molecule has 0 saturated carbocycles. The molecule has 5 nitrogen and oxygen atoms in total. The van der Waals surface area contributed by atoms with Gasteiger partial charge in [0.2, 0.25) is 0 Å².